The van der Waals surface area contributed by atoms with Gasteiger partial charge in [-0.25, -0.2) is 4.98 Å². The second-order valence-corrected chi connectivity index (χ2v) is 4.27. The second kappa shape index (κ2) is 5.54. The van der Waals surface area contributed by atoms with Crippen LogP contribution < -0.4 is 10.5 Å². The van der Waals surface area contributed by atoms with Crippen molar-refractivity contribution in [3.63, 3.8) is 0 Å². The van der Waals surface area contributed by atoms with Crippen LogP contribution in [0.2, 0.25) is 0 Å². The molecule has 0 aliphatic rings. The van der Waals surface area contributed by atoms with Crippen molar-refractivity contribution >= 4 is 5.82 Å². The predicted molar refractivity (Wildman–Crippen MR) is 74.6 cm³/mol. The first-order chi connectivity index (χ1) is 8.72. The lowest BCUT2D eigenvalue weighted by molar-refractivity contribution is 0.318. The first-order valence-electron chi connectivity index (χ1n) is 6.16. The summed E-state index contributed by atoms with van der Waals surface area (Å²) in [6, 6.07) is 9.90. The van der Waals surface area contributed by atoms with Gasteiger partial charge in [-0.1, -0.05) is 25.1 Å². The lowest BCUT2D eigenvalue weighted by Crippen LogP contribution is -1.98. The molecule has 2 N–H and O–H groups in total. The minimum atomic E-state index is 0.545. The van der Waals surface area contributed by atoms with Crippen molar-refractivity contribution in [3.05, 3.63) is 42.1 Å². The lowest BCUT2D eigenvalue weighted by atomic mass is 10.0. The highest BCUT2D eigenvalue weighted by Gasteiger charge is 2.08. The molecule has 3 heteroatoms. The van der Waals surface area contributed by atoms with Gasteiger partial charge in [0.2, 0.25) is 0 Å². The van der Waals surface area contributed by atoms with Gasteiger partial charge in [-0.15, -0.1) is 0 Å². The van der Waals surface area contributed by atoms with Crippen LogP contribution >= 0.6 is 0 Å². The Morgan fingerprint density at radius 1 is 1.22 bits per heavy atom. The van der Waals surface area contributed by atoms with Crippen molar-refractivity contribution in [2.75, 3.05) is 12.3 Å². The van der Waals surface area contributed by atoms with E-state index in [1.807, 2.05) is 37.3 Å². The zero-order chi connectivity index (χ0) is 13.0. The topological polar surface area (TPSA) is 48.1 Å². The van der Waals surface area contributed by atoms with Gasteiger partial charge >= 0.3 is 0 Å². The highest BCUT2D eigenvalue weighted by atomic mass is 16.5. The number of pyridine rings is 1. The number of nitrogen functional groups attached to an aromatic ring is 1. The second-order valence-electron chi connectivity index (χ2n) is 4.27. The Labute approximate surface area is 108 Å². The van der Waals surface area contributed by atoms with E-state index in [0.29, 0.717) is 5.82 Å². The van der Waals surface area contributed by atoms with Gasteiger partial charge in [-0.3, -0.25) is 0 Å². The molecule has 2 rings (SSSR count). The molecule has 0 amide bonds. The van der Waals surface area contributed by atoms with Crippen molar-refractivity contribution in [1.82, 2.24) is 4.98 Å². The summed E-state index contributed by atoms with van der Waals surface area (Å²) >= 11 is 0. The standard InChI is InChI=1S/C15H18N2O/c1-3-8-18-14-7-5-4-6-12(14)13-10-17-15(16)9-11(13)2/h4-7,9-10H,3,8H2,1-2H3,(H2,16,17). The van der Waals surface area contributed by atoms with Gasteiger partial charge in [0.15, 0.2) is 0 Å². The van der Waals surface area contributed by atoms with Crippen molar-refractivity contribution in [2.24, 2.45) is 0 Å². The van der Waals surface area contributed by atoms with Gasteiger partial charge in [0.25, 0.3) is 0 Å². The van der Waals surface area contributed by atoms with Crippen molar-refractivity contribution < 1.29 is 4.74 Å². The van der Waals surface area contributed by atoms with E-state index in [1.165, 1.54) is 0 Å². The van der Waals surface area contributed by atoms with Gasteiger partial charge < -0.3 is 10.5 Å². The number of nitrogens with zero attached hydrogens (tertiary/aromatic N) is 1. The number of hydrogen-bond donors (Lipinski definition) is 1. The molecule has 0 saturated heterocycles. The third-order valence-electron chi connectivity index (χ3n) is 2.77. The van der Waals surface area contributed by atoms with E-state index in [1.54, 1.807) is 6.20 Å². The molecule has 3 nitrogen and oxygen atoms in total. The fourth-order valence-corrected chi connectivity index (χ4v) is 1.89. The van der Waals surface area contributed by atoms with Crippen LogP contribution in [0.25, 0.3) is 11.1 Å². The lowest BCUT2D eigenvalue weighted by Gasteiger charge is -2.12. The van der Waals surface area contributed by atoms with E-state index >= 15 is 0 Å². The molecular formula is C15H18N2O. The molecular weight excluding hydrogens is 224 g/mol. The molecule has 94 valence electrons. The molecule has 0 spiro atoms. The number of ether oxygens (including phenoxy) is 1. The van der Waals surface area contributed by atoms with E-state index in [9.17, 15) is 0 Å². The van der Waals surface area contributed by atoms with E-state index in [0.717, 1.165) is 35.5 Å². The molecule has 0 aliphatic carbocycles. The van der Waals surface area contributed by atoms with Crippen molar-refractivity contribution in [1.29, 1.82) is 0 Å². The van der Waals surface area contributed by atoms with Gasteiger partial charge in [-0.05, 0) is 31.0 Å². The van der Waals surface area contributed by atoms with Crippen LogP contribution in [0.3, 0.4) is 0 Å². The zero-order valence-electron chi connectivity index (χ0n) is 10.8. The van der Waals surface area contributed by atoms with Crippen LogP contribution in [0.4, 0.5) is 5.82 Å². The number of anilines is 1. The number of aryl methyl sites for hydroxylation is 1. The molecule has 1 aromatic heterocycles. The average molecular weight is 242 g/mol. The van der Waals surface area contributed by atoms with Crippen molar-refractivity contribution in [3.8, 4) is 16.9 Å². The summed E-state index contributed by atoms with van der Waals surface area (Å²) in [7, 11) is 0. The Hall–Kier alpha value is -2.03. The first-order valence-corrected chi connectivity index (χ1v) is 6.16. The third kappa shape index (κ3) is 2.62. The Kier molecular flexibility index (Phi) is 3.82. The average Bonchev–Trinajstić information content (AvgIpc) is 2.37. The van der Waals surface area contributed by atoms with E-state index < -0.39 is 0 Å². The van der Waals surface area contributed by atoms with Crippen LogP contribution in [0.1, 0.15) is 18.9 Å². The molecule has 0 saturated carbocycles. The molecule has 1 aromatic carbocycles. The summed E-state index contributed by atoms with van der Waals surface area (Å²) in [6.07, 6.45) is 2.80. The molecule has 18 heavy (non-hydrogen) atoms. The molecule has 0 radical (unpaired) electrons. The Morgan fingerprint density at radius 2 is 2.00 bits per heavy atom. The highest BCUT2D eigenvalue weighted by molar-refractivity contribution is 5.73. The highest BCUT2D eigenvalue weighted by Crippen LogP contribution is 2.32. The van der Waals surface area contributed by atoms with Gasteiger partial charge in [0.1, 0.15) is 11.6 Å². The van der Waals surface area contributed by atoms with Crippen LogP contribution in [0.5, 0.6) is 5.75 Å². The summed E-state index contributed by atoms with van der Waals surface area (Å²) in [6.45, 7) is 4.85. The molecule has 0 bridgehead atoms. The molecule has 1 heterocycles. The normalized spacial score (nSPS) is 10.3. The quantitative estimate of drug-likeness (QED) is 0.893. The van der Waals surface area contributed by atoms with Gasteiger partial charge in [0, 0.05) is 17.3 Å². The smallest absolute Gasteiger partial charge is 0.127 e. The summed E-state index contributed by atoms with van der Waals surface area (Å²) < 4.78 is 5.77. The van der Waals surface area contributed by atoms with E-state index in [4.69, 9.17) is 10.5 Å². The summed E-state index contributed by atoms with van der Waals surface area (Å²) in [4.78, 5) is 4.16. The molecule has 0 unspecified atom stereocenters. The SMILES string of the molecule is CCCOc1ccccc1-c1cnc(N)cc1C. The minimum Gasteiger partial charge on any atom is -0.493 e. The number of aromatic nitrogens is 1. The molecule has 0 fully saturated rings. The molecule has 0 aliphatic heterocycles. The van der Waals surface area contributed by atoms with Crippen LogP contribution in [-0.4, -0.2) is 11.6 Å². The summed E-state index contributed by atoms with van der Waals surface area (Å²) in [5.74, 6) is 1.44. The number of para-hydroxylation sites is 1. The van der Waals surface area contributed by atoms with Crippen LogP contribution in [0.15, 0.2) is 36.5 Å². The van der Waals surface area contributed by atoms with Crippen molar-refractivity contribution in [2.45, 2.75) is 20.3 Å². The third-order valence-corrected chi connectivity index (χ3v) is 2.77. The number of hydrogen-bond acceptors (Lipinski definition) is 3. The molecule has 0 atom stereocenters. The minimum absolute atomic E-state index is 0.545. The van der Waals surface area contributed by atoms with Gasteiger partial charge in [-0.2, -0.15) is 0 Å². The monoisotopic (exact) mass is 242 g/mol. The summed E-state index contributed by atoms with van der Waals surface area (Å²) in [5, 5.41) is 0. The Morgan fingerprint density at radius 3 is 2.72 bits per heavy atom. The Bertz CT molecular complexity index is 538. The van der Waals surface area contributed by atoms with Crippen LogP contribution in [0, 0.1) is 6.92 Å². The zero-order valence-corrected chi connectivity index (χ0v) is 10.8. The number of benzene rings is 1. The summed E-state index contributed by atoms with van der Waals surface area (Å²) in [5.41, 5.74) is 8.92. The maximum Gasteiger partial charge on any atom is 0.127 e. The maximum absolute atomic E-state index is 5.77. The van der Waals surface area contributed by atoms with E-state index in [2.05, 4.69) is 11.9 Å². The number of rotatable bonds is 4. The van der Waals surface area contributed by atoms with E-state index in [-0.39, 0.29) is 0 Å². The Balaban J connectivity index is 2.43. The predicted octanol–water partition coefficient (Wildman–Crippen LogP) is 3.43. The number of nitrogens with two attached hydrogens (primary N) is 1. The van der Waals surface area contributed by atoms with Gasteiger partial charge in [0.05, 0.1) is 6.61 Å². The first kappa shape index (κ1) is 12.4. The van der Waals surface area contributed by atoms with Crippen LogP contribution in [-0.2, 0) is 0 Å². The fourth-order valence-electron chi connectivity index (χ4n) is 1.89. The molecule has 2 aromatic rings. The largest absolute Gasteiger partial charge is 0.493 e. The fraction of sp³-hybridized carbons (Fsp3) is 0.267. The maximum atomic E-state index is 5.77.